The summed E-state index contributed by atoms with van der Waals surface area (Å²) in [5.74, 6) is 2.20. The van der Waals surface area contributed by atoms with E-state index < -0.39 is 0 Å². The van der Waals surface area contributed by atoms with Gasteiger partial charge in [0.1, 0.15) is 0 Å². The van der Waals surface area contributed by atoms with Gasteiger partial charge in [0, 0.05) is 0 Å². The lowest BCUT2D eigenvalue weighted by Gasteiger charge is -2.25. The summed E-state index contributed by atoms with van der Waals surface area (Å²) >= 11 is 0. The molecule has 0 aromatic carbocycles. The fraction of sp³-hybridized carbons (Fsp3) is 0.800. The summed E-state index contributed by atoms with van der Waals surface area (Å²) in [5, 5.41) is 1.23. The maximum Gasteiger partial charge on any atom is -0.0169 e. The molecule has 0 rings (SSSR count). The van der Waals surface area contributed by atoms with Crippen LogP contribution in [-0.2, 0) is 0 Å². The zero-order chi connectivity index (χ0) is 9.02. The highest BCUT2D eigenvalue weighted by Gasteiger charge is 2.17. The number of hydrogen-bond acceptors (Lipinski definition) is 0. The molecule has 1 heteroatoms. The average molecular weight is 172 g/mol. The van der Waals surface area contributed by atoms with Crippen molar-refractivity contribution in [1.82, 2.24) is 0 Å². The first-order chi connectivity index (χ1) is 5.00. The van der Waals surface area contributed by atoms with E-state index >= 15 is 0 Å². The van der Waals surface area contributed by atoms with Gasteiger partial charge in [0.15, 0.2) is 0 Å². The van der Waals surface area contributed by atoms with Crippen LogP contribution in [0.15, 0.2) is 11.9 Å². The largest absolute Gasteiger partial charge is 0.110 e. The Bertz CT molecular complexity index is 129. The average Bonchev–Trinajstić information content (AvgIpc) is 2.00. The quantitative estimate of drug-likeness (QED) is 0.567. The van der Waals surface area contributed by atoms with Crippen molar-refractivity contribution in [2.24, 2.45) is 17.8 Å². The predicted molar refractivity (Wildman–Crippen MR) is 56.6 cm³/mol. The van der Waals surface area contributed by atoms with Crippen LogP contribution in [0.2, 0.25) is 0 Å². The molecule has 3 unspecified atom stereocenters. The molecule has 4 atom stereocenters. The highest BCUT2D eigenvalue weighted by molar-refractivity contribution is 7.22. The van der Waals surface area contributed by atoms with Gasteiger partial charge in [-0.25, -0.2) is 0 Å². The van der Waals surface area contributed by atoms with Gasteiger partial charge >= 0.3 is 0 Å². The molecule has 0 aromatic rings. The van der Waals surface area contributed by atoms with Crippen LogP contribution in [0.1, 0.15) is 34.1 Å². The van der Waals surface area contributed by atoms with Crippen molar-refractivity contribution >= 4 is 9.24 Å². The smallest absolute Gasteiger partial charge is 0.0169 e. The van der Waals surface area contributed by atoms with E-state index in [4.69, 9.17) is 0 Å². The minimum Gasteiger partial charge on any atom is -0.110 e. The second-order valence-corrected chi connectivity index (χ2v) is 4.35. The molecule has 0 bridgehead atoms. The highest BCUT2D eigenvalue weighted by Crippen LogP contribution is 2.30. The van der Waals surface area contributed by atoms with Gasteiger partial charge < -0.3 is 0 Å². The van der Waals surface area contributed by atoms with Crippen LogP contribution in [0.5, 0.6) is 0 Å². The third kappa shape index (κ3) is 3.38. The summed E-state index contributed by atoms with van der Waals surface area (Å²) in [6, 6.07) is 0. The lowest BCUT2D eigenvalue weighted by molar-refractivity contribution is 0.309. The van der Waals surface area contributed by atoms with Crippen LogP contribution in [-0.4, -0.2) is 0 Å². The van der Waals surface area contributed by atoms with Crippen LogP contribution in [0.25, 0.3) is 0 Å². The molecule has 0 N–H and O–H groups in total. The predicted octanol–water partition coefficient (Wildman–Crippen LogP) is 3.69. The molecule has 0 radical (unpaired) electrons. The maximum absolute atomic E-state index is 3.96. The Morgan fingerprint density at radius 1 is 1.36 bits per heavy atom. The topological polar surface area (TPSA) is 0 Å². The summed E-state index contributed by atoms with van der Waals surface area (Å²) in [6.07, 6.45) is 1.27. The van der Waals surface area contributed by atoms with E-state index in [2.05, 4.69) is 43.5 Å². The van der Waals surface area contributed by atoms with E-state index in [0.717, 1.165) is 11.8 Å². The van der Waals surface area contributed by atoms with Crippen LogP contribution in [0.4, 0.5) is 0 Å². The number of hydrogen-bond donors (Lipinski definition) is 0. The summed E-state index contributed by atoms with van der Waals surface area (Å²) in [4.78, 5) is 0. The molecule has 0 saturated carbocycles. The zero-order valence-corrected chi connectivity index (χ0v) is 9.38. The summed E-state index contributed by atoms with van der Waals surface area (Å²) < 4.78 is 0. The molecule has 0 saturated heterocycles. The van der Waals surface area contributed by atoms with Crippen molar-refractivity contribution in [1.29, 1.82) is 0 Å². The van der Waals surface area contributed by atoms with Crippen LogP contribution in [0.3, 0.4) is 0 Å². The normalized spacial score (nSPS) is 19.0. The third-order valence-electron chi connectivity index (χ3n) is 2.92. The van der Waals surface area contributed by atoms with Crippen molar-refractivity contribution in [3.05, 3.63) is 11.9 Å². The molecule has 0 fully saturated rings. The molecule has 0 aliphatic carbocycles. The highest BCUT2D eigenvalue weighted by atomic mass is 31.0. The van der Waals surface area contributed by atoms with Gasteiger partial charge in [-0.3, -0.25) is 0 Å². The van der Waals surface area contributed by atoms with Gasteiger partial charge in [-0.2, -0.15) is 0 Å². The lowest BCUT2D eigenvalue weighted by atomic mass is 9.83. The summed E-state index contributed by atoms with van der Waals surface area (Å²) in [5.41, 5.74) is 0. The Labute approximate surface area is 73.7 Å². The minimum absolute atomic E-state index is 0.634. The van der Waals surface area contributed by atoms with Gasteiger partial charge in [-0.15, -0.1) is 9.24 Å². The van der Waals surface area contributed by atoms with E-state index in [1.807, 2.05) is 0 Å². The number of allylic oxidation sites excluding steroid dienone is 1. The van der Waals surface area contributed by atoms with E-state index in [9.17, 15) is 0 Å². The molecule has 0 nitrogen and oxygen atoms in total. The van der Waals surface area contributed by atoms with Gasteiger partial charge in [-0.05, 0) is 17.8 Å². The Hall–Kier alpha value is 0.170. The first-order valence-electron chi connectivity index (χ1n) is 4.44. The first kappa shape index (κ1) is 11.2. The zero-order valence-electron chi connectivity index (χ0n) is 8.22. The molecule has 0 heterocycles. The van der Waals surface area contributed by atoms with Crippen molar-refractivity contribution in [2.75, 3.05) is 0 Å². The fourth-order valence-electron chi connectivity index (χ4n) is 1.20. The van der Waals surface area contributed by atoms with Crippen molar-refractivity contribution in [3.63, 3.8) is 0 Å². The van der Waals surface area contributed by atoms with Crippen LogP contribution in [0, 0.1) is 17.8 Å². The van der Waals surface area contributed by atoms with E-state index in [1.54, 1.807) is 0 Å². The number of rotatable bonds is 4. The maximum atomic E-state index is 3.96. The van der Waals surface area contributed by atoms with Crippen molar-refractivity contribution in [3.8, 4) is 0 Å². The molecular weight excluding hydrogens is 151 g/mol. The molecule has 11 heavy (non-hydrogen) atoms. The Kier molecular flexibility index (Phi) is 5.01. The lowest BCUT2D eigenvalue weighted by Crippen LogP contribution is -2.15. The second kappa shape index (κ2) is 4.93. The summed E-state index contributed by atoms with van der Waals surface area (Å²) in [6.45, 7) is 13.1. The molecule has 0 aromatic heterocycles. The molecule has 0 aliphatic rings. The van der Waals surface area contributed by atoms with Crippen molar-refractivity contribution in [2.45, 2.75) is 34.1 Å². The molecule has 0 amide bonds. The summed E-state index contributed by atoms with van der Waals surface area (Å²) in [7, 11) is 2.71. The molecule has 66 valence electrons. The second-order valence-electron chi connectivity index (χ2n) is 3.61. The Balaban J connectivity index is 4.00. The minimum atomic E-state index is 0.634. The Morgan fingerprint density at radius 3 is 2.09 bits per heavy atom. The van der Waals surface area contributed by atoms with Crippen molar-refractivity contribution < 1.29 is 0 Å². The van der Waals surface area contributed by atoms with Gasteiger partial charge in [0.05, 0.1) is 0 Å². The van der Waals surface area contributed by atoms with E-state index in [0.29, 0.717) is 5.92 Å². The van der Waals surface area contributed by atoms with Crippen LogP contribution < -0.4 is 0 Å². The Morgan fingerprint density at radius 2 is 1.82 bits per heavy atom. The van der Waals surface area contributed by atoms with E-state index in [1.165, 1.54) is 11.7 Å². The van der Waals surface area contributed by atoms with Gasteiger partial charge in [0.25, 0.3) is 0 Å². The first-order valence-corrected chi connectivity index (χ1v) is 5.02. The standard InChI is InChI=1S/C10H21P/c1-6-7(2)8(3)9(4)10(5)11/h7-9H,5-6,11H2,1-4H3/t7-,8?,9?/m1/s1. The van der Waals surface area contributed by atoms with E-state index in [-0.39, 0.29) is 0 Å². The van der Waals surface area contributed by atoms with Gasteiger partial charge in [0.2, 0.25) is 0 Å². The SMILES string of the molecule is C=C(P)C(C)C(C)[C@H](C)CC. The fourth-order valence-corrected chi connectivity index (χ4v) is 1.51. The van der Waals surface area contributed by atoms with Crippen LogP contribution >= 0.6 is 9.24 Å². The third-order valence-corrected chi connectivity index (χ3v) is 3.44. The molecule has 0 aliphatic heterocycles. The van der Waals surface area contributed by atoms with Gasteiger partial charge in [-0.1, -0.05) is 46.0 Å². The molecule has 0 spiro atoms. The monoisotopic (exact) mass is 172 g/mol. The molecular formula is C10H21P.